The summed E-state index contributed by atoms with van der Waals surface area (Å²) in [5.74, 6) is -0.205. The number of rotatable bonds is 6. The highest BCUT2D eigenvalue weighted by atomic mass is 32.2. The second-order valence-electron chi connectivity index (χ2n) is 6.34. The van der Waals surface area contributed by atoms with Gasteiger partial charge in [-0.1, -0.05) is 23.1 Å². The molecule has 2 rings (SSSR count). The number of thioether (sulfide) groups is 1. The number of carbonyl (C=O) groups excluding carboxylic acids is 2. The summed E-state index contributed by atoms with van der Waals surface area (Å²) < 4.78 is 0.528. The Labute approximate surface area is 163 Å². The van der Waals surface area contributed by atoms with E-state index < -0.39 is 4.92 Å². The van der Waals surface area contributed by atoms with E-state index in [1.165, 1.54) is 36.0 Å². The molecular formula is C15H18N6O4S2. The zero-order chi connectivity index (χ0) is 20.0. The number of benzene rings is 1. The number of aromatic nitrogens is 2. The Bertz CT molecular complexity index is 832. The number of nitrogens with zero attached hydrogens (tertiary/aromatic N) is 3. The van der Waals surface area contributed by atoms with E-state index in [2.05, 4.69) is 26.1 Å². The lowest BCUT2D eigenvalue weighted by Gasteiger charge is -2.19. The van der Waals surface area contributed by atoms with E-state index in [-0.39, 0.29) is 28.9 Å². The molecule has 0 aliphatic rings. The highest BCUT2D eigenvalue weighted by Gasteiger charge is 2.16. The fraction of sp³-hybridized carbons (Fsp3) is 0.333. The Kier molecular flexibility index (Phi) is 6.69. The van der Waals surface area contributed by atoms with Crippen LogP contribution in [0.1, 0.15) is 20.8 Å². The Balaban J connectivity index is 1.81. The van der Waals surface area contributed by atoms with Gasteiger partial charge < -0.3 is 10.6 Å². The third-order valence-electron chi connectivity index (χ3n) is 2.80. The smallest absolute Gasteiger partial charge is 0.321 e. The van der Waals surface area contributed by atoms with E-state index in [4.69, 9.17) is 0 Å². The summed E-state index contributed by atoms with van der Waals surface area (Å²) in [6.07, 6.45) is 0. The molecule has 1 heterocycles. The molecule has 0 spiro atoms. The van der Waals surface area contributed by atoms with Crippen LogP contribution in [0.5, 0.6) is 0 Å². The maximum absolute atomic E-state index is 12.0. The predicted octanol–water partition coefficient (Wildman–Crippen LogP) is 3.10. The third kappa shape index (κ3) is 7.19. The zero-order valence-electron chi connectivity index (χ0n) is 14.8. The van der Waals surface area contributed by atoms with E-state index >= 15 is 0 Å². The number of non-ortho nitro benzene ring substituents is 1. The molecule has 27 heavy (non-hydrogen) atoms. The van der Waals surface area contributed by atoms with Crippen molar-refractivity contribution < 1.29 is 14.5 Å². The van der Waals surface area contributed by atoms with Gasteiger partial charge in [0.25, 0.3) is 5.69 Å². The van der Waals surface area contributed by atoms with Crippen molar-refractivity contribution in [3.63, 3.8) is 0 Å². The lowest BCUT2D eigenvalue weighted by Crippen LogP contribution is -2.43. The molecular weight excluding hydrogens is 392 g/mol. The number of nitrogens with one attached hydrogen (secondary N) is 3. The largest absolute Gasteiger partial charge is 0.333 e. The summed E-state index contributed by atoms with van der Waals surface area (Å²) in [7, 11) is 0. The van der Waals surface area contributed by atoms with Crippen LogP contribution in [0.25, 0.3) is 0 Å². The Morgan fingerprint density at radius 3 is 2.44 bits per heavy atom. The minimum Gasteiger partial charge on any atom is -0.333 e. The summed E-state index contributed by atoms with van der Waals surface area (Å²) in [5.41, 5.74) is 0.0407. The molecule has 144 valence electrons. The number of nitro benzene ring substituents is 1. The molecule has 0 bridgehead atoms. The molecule has 0 atom stereocenters. The van der Waals surface area contributed by atoms with E-state index in [1.54, 1.807) is 0 Å². The summed E-state index contributed by atoms with van der Waals surface area (Å²) >= 11 is 2.32. The van der Waals surface area contributed by atoms with Crippen LogP contribution in [0.2, 0.25) is 0 Å². The third-order valence-corrected chi connectivity index (χ3v) is 4.78. The van der Waals surface area contributed by atoms with Crippen molar-refractivity contribution in [3.05, 3.63) is 34.4 Å². The van der Waals surface area contributed by atoms with Crippen molar-refractivity contribution in [3.8, 4) is 0 Å². The number of hydrogen-bond donors (Lipinski definition) is 3. The van der Waals surface area contributed by atoms with Crippen LogP contribution in [0, 0.1) is 10.1 Å². The number of anilines is 2. The van der Waals surface area contributed by atoms with E-state index in [0.29, 0.717) is 15.2 Å². The van der Waals surface area contributed by atoms with Crippen molar-refractivity contribution in [2.45, 2.75) is 30.6 Å². The zero-order valence-corrected chi connectivity index (χ0v) is 16.4. The maximum Gasteiger partial charge on any atom is 0.321 e. The first-order chi connectivity index (χ1) is 12.6. The van der Waals surface area contributed by atoms with Gasteiger partial charge >= 0.3 is 6.03 Å². The first kappa shape index (κ1) is 20.6. The van der Waals surface area contributed by atoms with Crippen LogP contribution < -0.4 is 16.0 Å². The fourth-order valence-electron chi connectivity index (χ4n) is 1.78. The number of hydrogen-bond acceptors (Lipinski definition) is 8. The van der Waals surface area contributed by atoms with E-state index in [0.717, 1.165) is 11.3 Å². The number of amides is 3. The van der Waals surface area contributed by atoms with Crippen molar-refractivity contribution in [1.82, 2.24) is 15.5 Å². The van der Waals surface area contributed by atoms with E-state index in [1.807, 2.05) is 20.8 Å². The lowest BCUT2D eigenvalue weighted by atomic mass is 10.1. The molecule has 0 saturated carbocycles. The fourth-order valence-corrected chi connectivity index (χ4v) is 3.33. The van der Waals surface area contributed by atoms with Gasteiger partial charge in [0.2, 0.25) is 11.0 Å². The molecule has 0 fully saturated rings. The summed E-state index contributed by atoms with van der Waals surface area (Å²) in [6.45, 7) is 5.58. The van der Waals surface area contributed by atoms with Crippen LogP contribution in [0.3, 0.4) is 0 Å². The number of nitro groups is 1. The van der Waals surface area contributed by atoms with Gasteiger partial charge in [-0.25, -0.2) is 4.79 Å². The minimum absolute atomic E-state index is 0.0493. The molecule has 3 N–H and O–H groups in total. The summed E-state index contributed by atoms with van der Waals surface area (Å²) in [6, 6.07) is 5.16. The second kappa shape index (κ2) is 8.77. The summed E-state index contributed by atoms with van der Waals surface area (Å²) in [5, 5.41) is 26.7. The highest BCUT2D eigenvalue weighted by molar-refractivity contribution is 8.01. The number of carbonyl (C=O) groups is 2. The van der Waals surface area contributed by atoms with Gasteiger partial charge in [-0.05, 0) is 32.9 Å². The normalized spacial score (nSPS) is 10.9. The molecule has 0 aliphatic heterocycles. The Hall–Kier alpha value is -2.73. The van der Waals surface area contributed by atoms with Gasteiger partial charge in [-0.3, -0.25) is 20.2 Å². The van der Waals surface area contributed by atoms with Crippen molar-refractivity contribution in [1.29, 1.82) is 0 Å². The van der Waals surface area contributed by atoms with Crippen LogP contribution in [-0.4, -0.2) is 38.4 Å². The topological polar surface area (TPSA) is 139 Å². The number of urea groups is 1. The molecule has 0 saturated heterocycles. The van der Waals surface area contributed by atoms with Gasteiger partial charge in [0.1, 0.15) is 0 Å². The van der Waals surface area contributed by atoms with Gasteiger partial charge in [0.05, 0.1) is 10.7 Å². The predicted molar refractivity (Wildman–Crippen MR) is 104 cm³/mol. The van der Waals surface area contributed by atoms with Gasteiger partial charge in [0.15, 0.2) is 4.34 Å². The van der Waals surface area contributed by atoms with Crippen LogP contribution in [0.4, 0.5) is 21.3 Å². The van der Waals surface area contributed by atoms with Crippen LogP contribution in [-0.2, 0) is 4.79 Å². The average molecular weight is 410 g/mol. The molecule has 1 aromatic heterocycles. The van der Waals surface area contributed by atoms with Gasteiger partial charge in [-0.2, -0.15) is 0 Å². The maximum atomic E-state index is 12.0. The van der Waals surface area contributed by atoms with Crippen molar-refractivity contribution >= 4 is 51.5 Å². The molecule has 0 aliphatic carbocycles. The molecule has 3 amide bonds. The molecule has 0 radical (unpaired) electrons. The standard InChI is InChI=1S/C15H18N6O4S2/c1-15(2,3)18-12(23)17-13-19-20-14(27-13)26-8-11(22)16-9-4-6-10(7-5-9)21(24)25/h4-7H,8H2,1-3H3,(H,16,22)(H2,17,18,19,23). The summed E-state index contributed by atoms with van der Waals surface area (Å²) in [4.78, 5) is 33.8. The first-order valence-corrected chi connectivity index (χ1v) is 9.52. The van der Waals surface area contributed by atoms with E-state index in [9.17, 15) is 19.7 Å². The minimum atomic E-state index is -0.510. The Morgan fingerprint density at radius 1 is 1.19 bits per heavy atom. The second-order valence-corrected chi connectivity index (χ2v) is 8.54. The molecule has 12 heteroatoms. The molecule has 0 unspecified atom stereocenters. The first-order valence-electron chi connectivity index (χ1n) is 7.72. The molecule has 2 aromatic rings. The highest BCUT2D eigenvalue weighted by Crippen LogP contribution is 2.25. The van der Waals surface area contributed by atoms with Crippen LogP contribution >= 0.6 is 23.1 Å². The lowest BCUT2D eigenvalue weighted by molar-refractivity contribution is -0.384. The molecule has 1 aromatic carbocycles. The van der Waals surface area contributed by atoms with Crippen molar-refractivity contribution in [2.24, 2.45) is 0 Å². The SMILES string of the molecule is CC(C)(C)NC(=O)Nc1nnc(SCC(=O)Nc2ccc([N+](=O)[O-])cc2)s1. The van der Waals surface area contributed by atoms with Crippen molar-refractivity contribution in [2.75, 3.05) is 16.4 Å². The van der Waals surface area contributed by atoms with Gasteiger partial charge in [0, 0.05) is 23.4 Å². The Morgan fingerprint density at radius 2 is 1.85 bits per heavy atom. The molecule has 10 nitrogen and oxygen atoms in total. The monoisotopic (exact) mass is 410 g/mol. The van der Waals surface area contributed by atoms with Gasteiger partial charge in [-0.15, -0.1) is 10.2 Å². The van der Waals surface area contributed by atoms with Crippen LogP contribution in [0.15, 0.2) is 28.6 Å². The average Bonchev–Trinajstić information content (AvgIpc) is 2.99. The quantitative estimate of drug-likeness (QED) is 0.288.